The molecule has 0 fully saturated rings. The van der Waals surface area contributed by atoms with Crippen LogP contribution in [-0.4, -0.2) is 54.3 Å². The molecule has 3 amide bonds. The minimum absolute atomic E-state index is 0.113. The van der Waals surface area contributed by atoms with E-state index in [9.17, 15) is 19.2 Å². The van der Waals surface area contributed by atoms with Crippen molar-refractivity contribution in [3.05, 3.63) is 17.0 Å². The summed E-state index contributed by atoms with van der Waals surface area (Å²) in [4.78, 5) is 47.5. The zero-order chi connectivity index (χ0) is 22.2. The van der Waals surface area contributed by atoms with E-state index in [2.05, 4.69) is 21.1 Å². The highest BCUT2D eigenvalue weighted by molar-refractivity contribution is 5.98. The molecule has 0 bridgehead atoms. The Kier molecular flexibility index (Phi) is 8.61. The molecular weight excluding hydrogens is 384 g/mol. The van der Waals surface area contributed by atoms with Crippen LogP contribution < -0.4 is 16.0 Å². The zero-order valence-electron chi connectivity index (χ0n) is 17.5. The van der Waals surface area contributed by atoms with Crippen molar-refractivity contribution in [2.24, 2.45) is 0 Å². The molecule has 1 rings (SSSR count). The number of ether oxygens (including phenoxy) is 2. The van der Waals surface area contributed by atoms with Crippen molar-refractivity contribution in [2.75, 3.05) is 19.7 Å². The number of alkyl carbamates (subject to hydrolysis) is 1. The molecule has 0 aromatic carbocycles. The number of nitrogens with one attached hydrogen (secondary N) is 3. The highest BCUT2D eigenvalue weighted by Crippen LogP contribution is 2.20. The third kappa shape index (κ3) is 8.20. The van der Waals surface area contributed by atoms with E-state index in [0.29, 0.717) is 0 Å². The summed E-state index contributed by atoms with van der Waals surface area (Å²) >= 11 is 0. The van der Waals surface area contributed by atoms with E-state index in [1.807, 2.05) is 0 Å². The van der Waals surface area contributed by atoms with Gasteiger partial charge in [0, 0.05) is 0 Å². The first-order valence-corrected chi connectivity index (χ1v) is 9.10. The van der Waals surface area contributed by atoms with Crippen LogP contribution >= 0.6 is 0 Å². The van der Waals surface area contributed by atoms with Gasteiger partial charge in [-0.15, -0.1) is 0 Å². The maximum absolute atomic E-state index is 12.4. The molecule has 0 radical (unpaired) electrons. The van der Waals surface area contributed by atoms with Gasteiger partial charge in [0.05, 0.1) is 12.6 Å². The van der Waals surface area contributed by atoms with Crippen LogP contribution in [0.2, 0.25) is 0 Å². The standard InChI is InChI=1S/C18H28N4O7/c1-7-27-13(24)9-19-16(25)14-11(3)29-22-15(14)10(2)21-12(23)8-20-17(26)28-18(4,5)6/h10H,7-9H2,1-6H3,(H,19,25)(H,20,26)(H,21,23)/t10-/m0/s1. The van der Waals surface area contributed by atoms with Crippen LogP contribution in [0.5, 0.6) is 0 Å². The number of nitrogens with zero attached hydrogens (tertiary/aromatic N) is 1. The Bertz CT molecular complexity index is 752. The smallest absolute Gasteiger partial charge is 0.408 e. The number of carbonyl (C=O) groups excluding carboxylic acids is 4. The van der Waals surface area contributed by atoms with Gasteiger partial charge in [-0.25, -0.2) is 4.79 Å². The summed E-state index contributed by atoms with van der Waals surface area (Å²) in [6, 6.07) is -0.691. The maximum atomic E-state index is 12.4. The van der Waals surface area contributed by atoms with Gasteiger partial charge in [0.25, 0.3) is 5.91 Å². The number of esters is 1. The largest absolute Gasteiger partial charge is 0.465 e. The van der Waals surface area contributed by atoms with Gasteiger partial charge in [0.2, 0.25) is 5.91 Å². The van der Waals surface area contributed by atoms with Crippen LogP contribution in [0, 0.1) is 6.92 Å². The van der Waals surface area contributed by atoms with Crippen LogP contribution in [0.4, 0.5) is 4.79 Å². The molecular formula is C18H28N4O7. The Labute approximate surface area is 168 Å². The number of carbonyl (C=O) groups is 4. The molecule has 1 aromatic rings. The number of hydrogen-bond acceptors (Lipinski definition) is 8. The van der Waals surface area contributed by atoms with Crippen LogP contribution in [0.25, 0.3) is 0 Å². The fourth-order valence-corrected chi connectivity index (χ4v) is 2.24. The van der Waals surface area contributed by atoms with Gasteiger partial charge >= 0.3 is 12.1 Å². The molecule has 0 aliphatic heterocycles. The van der Waals surface area contributed by atoms with E-state index >= 15 is 0 Å². The molecule has 0 unspecified atom stereocenters. The lowest BCUT2D eigenvalue weighted by Gasteiger charge is -2.20. The lowest BCUT2D eigenvalue weighted by atomic mass is 10.1. The first kappa shape index (κ1) is 23.9. The van der Waals surface area contributed by atoms with Crippen LogP contribution in [-0.2, 0) is 19.1 Å². The number of hydrogen-bond donors (Lipinski definition) is 3. The van der Waals surface area contributed by atoms with E-state index in [-0.39, 0.29) is 36.7 Å². The molecule has 11 nitrogen and oxygen atoms in total. The van der Waals surface area contributed by atoms with Gasteiger partial charge in [-0.05, 0) is 41.5 Å². The molecule has 0 saturated heterocycles. The predicted octanol–water partition coefficient (Wildman–Crippen LogP) is 0.978. The Morgan fingerprint density at radius 1 is 1.14 bits per heavy atom. The lowest BCUT2D eigenvalue weighted by Crippen LogP contribution is -2.40. The van der Waals surface area contributed by atoms with Crippen molar-refractivity contribution >= 4 is 23.9 Å². The summed E-state index contributed by atoms with van der Waals surface area (Å²) in [7, 11) is 0. The zero-order valence-corrected chi connectivity index (χ0v) is 17.5. The molecule has 1 aromatic heterocycles. The second-order valence-corrected chi connectivity index (χ2v) is 7.13. The van der Waals surface area contributed by atoms with E-state index in [1.54, 1.807) is 34.6 Å². The number of aromatic nitrogens is 1. The monoisotopic (exact) mass is 412 g/mol. The van der Waals surface area contributed by atoms with Crippen LogP contribution in [0.1, 0.15) is 62.5 Å². The van der Waals surface area contributed by atoms with Gasteiger partial charge in [-0.1, -0.05) is 5.16 Å². The number of aryl methyl sites for hydroxylation is 1. The Morgan fingerprint density at radius 2 is 1.79 bits per heavy atom. The SMILES string of the molecule is CCOC(=O)CNC(=O)c1c([C@H](C)NC(=O)CNC(=O)OC(C)(C)C)noc1C. The highest BCUT2D eigenvalue weighted by Gasteiger charge is 2.26. The summed E-state index contributed by atoms with van der Waals surface area (Å²) in [5.41, 5.74) is -0.380. The summed E-state index contributed by atoms with van der Waals surface area (Å²) in [5, 5.41) is 11.2. The molecule has 3 N–H and O–H groups in total. The van der Waals surface area contributed by atoms with Gasteiger partial charge in [-0.3, -0.25) is 14.4 Å². The topological polar surface area (TPSA) is 149 Å². The Morgan fingerprint density at radius 3 is 2.38 bits per heavy atom. The Hall–Kier alpha value is -3.11. The quantitative estimate of drug-likeness (QED) is 0.535. The number of amides is 3. The third-order valence-electron chi connectivity index (χ3n) is 3.39. The summed E-state index contributed by atoms with van der Waals surface area (Å²) in [5.74, 6) is -1.44. The molecule has 11 heteroatoms. The molecule has 0 aliphatic carbocycles. The first-order valence-electron chi connectivity index (χ1n) is 9.10. The molecule has 29 heavy (non-hydrogen) atoms. The van der Waals surface area contributed by atoms with Crippen molar-refractivity contribution in [1.82, 2.24) is 21.1 Å². The van der Waals surface area contributed by atoms with Crippen molar-refractivity contribution < 1.29 is 33.2 Å². The van der Waals surface area contributed by atoms with Gasteiger partial charge in [0.1, 0.15) is 35.7 Å². The minimum Gasteiger partial charge on any atom is -0.465 e. The predicted molar refractivity (Wildman–Crippen MR) is 101 cm³/mol. The normalized spacial score (nSPS) is 11.9. The van der Waals surface area contributed by atoms with E-state index in [0.717, 1.165) is 0 Å². The Balaban J connectivity index is 2.67. The van der Waals surface area contributed by atoms with Crippen molar-refractivity contribution in [3.63, 3.8) is 0 Å². The highest BCUT2D eigenvalue weighted by atomic mass is 16.6. The van der Waals surface area contributed by atoms with E-state index in [1.165, 1.54) is 6.92 Å². The van der Waals surface area contributed by atoms with Crippen molar-refractivity contribution in [2.45, 2.75) is 53.2 Å². The average Bonchev–Trinajstić information content (AvgIpc) is 2.98. The van der Waals surface area contributed by atoms with Crippen LogP contribution in [0.3, 0.4) is 0 Å². The van der Waals surface area contributed by atoms with Gasteiger partial charge in [-0.2, -0.15) is 0 Å². The molecule has 1 atom stereocenters. The molecule has 0 spiro atoms. The van der Waals surface area contributed by atoms with Gasteiger partial charge < -0.3 is 29.9 Å². The van der Waals surface area contributed by atoms with E-state index < -0.39 is 35.5 Å². The maximum Gasteiger partial charge on any atom is 0.408 e. The second-order valence-electron chi connectivity index (χ2n) is 7.13. The molecule has 1 heterocycles. The fraction of sp³-hybridized carbons (Fsp3) is 0.611. The number of rotatable bonds is 8. The second kappa shape index (κ2) is 10.4. The van der Waals surface area contributed by atoms with Crippen molar-refractivity contribution in [3.8, 4) is 0 Å². The minimum atomic E-state index is -0.725. The van der Waals surface area contributed by atoms with E-state index in [4.69, 9.17) is 14.0 Å². The summed E-state index contributed by atoms with van der Waals surface area (Å²) in [6.45, 7) is 9.48. The summed E-state index contributed by atoms with van der Waals surface area (Å²) in [6.07, 6.45) is -0.725. The third-order valence-corrected chi connectivity index (χ3v) is 3.39. The van der Waals surface area contributed by atoms with Crippen molar-refractivity contribution in [1.29, 1.82) is 0 Å². The lowest BCUT2D eigenvalue weighted by molar-refractivity contribution is -0.141. The molecule has 0 aliphatic rings. The summed E-state index contributed by atoms with van der Waals surface area (Å²) < 4.78 is 14.9. The average molecular weight is 412 g/mol. The first-order chi connectivity index (χ1) is 13.4. The van der Waals surface area contributed by atoms with Gasteiger partial charge in [0.15, 0.2) is 0 Å². The fourth-order valence-electron chi connectivity index (χ4n) is 2.24. The van der Waals surface area contributed by atoms with Crippen LogP contribution in [0.15, 0.2) is 4.52 Å². The molecule has 0 saturated carbocycles. The molecule has 162 valence electrons.